The Labute approximate surface area is 118 Å². The van der Waals surface area contributed by atoms with Crippen molar-refractivity contribution in [2.24, 2.45) is 10.9 Å². The molecule has 0 fully saturated rings. The minimum Gasteiger partial charge on any atom is -0.409 e. The first-order valence-corrected chi connectivity index (χ1v) is 6.29. The van der Waals surface area contributed by atoms with Crippen molar-refractivity contribution in [3.05, 3.63) is 53.2 Å². The number of para-hydroxylation sites is 1. The third-order valence-electron chi connectivity index (χ3n) is 3.30. The molecule has 0 bridgehead atoms. The van der Waals surface area contributed by atoms with Crippen molar-refractivity contribution in [1.29, 1.82) is 0 Å². The van der Waals surface area contributed by atoms with Gasteiger partial charge in [0.25, 0.3) is 0 Å². The monoisotopic (exact) mass is 270 g/mol. The van der Waals surface area contributed by atoms with E-state index in [-0.39, 0.29) is 5.84 Å². The fourth-order valence-electron chi connectivity index (χ4n) is 2.22. The average molecular weight is 270 g/mol. The number of hydrogen-bond acceptors (Lipinski definition) is 4. The van der Waals surface area contributed by atoms with Crippen molar-refractivity contribution in [3.63, 3.8) is 0 Å². The highest BCUT2D eigenvalue weighted by atomic mass is 16.4. The first-order valence-electron chi connectivity index (χ1n) is 6.29. The van der Waals surface area contributed by atoms with E-state index >= 15 is 0 Å². The molecule has 5 nitrogen and oxygen atoms in total. The third-order valence-corrected chi connectivity index (χ3v) is 3.30. The summed E-state index contributed by atoms with van der Waals surface area (Å²) in [7, 11) is 1.91. The highest BCUT2D eigenvalue weighted by Gasteiger charge is 2.17. The molecule has 1 aromatic carbocycles. The highest BCUT2D eigenvalue weighted by molar-refractivity contribution is 6.03. The molecule has 1 heterocycles. The molecule has 0 aliphatic heterocycles. The lowest BCUT2D eigenvalue weighted by Crippen LogP contribution is -2.22. The molecule has 2 aromatic rings. The maximum Gasteiger partial charge on any atom is 0.174 e. The lowest BCUT2D eigenvalue weighted by atomic mass is 10.1. The standard InChI is InChI=1S/C15H18N4O/c1-10-6-4-5-7-12(10)19(3)15-13(14(16)18-20)11(2)8-9-17-15/h4-9,20H,1-3H3,(H2,16,18). The number of amidine groups is 1. The number of oxime groups is 1. The Balaban J connectivity index is 2.59. The summed E-state index contributed by atoms with van der Waals surface area (Å²) in [4.78, 5) is 6.32. The van der Waals surface area contributed by atoms with Gasteiger partial charge in [0.2, 0.25) is 0 Å². The normalized spacial score (nSPS) is 11.4. The van der Waals surface area contributed by atoms with Crippen LogP contribution >= 0.6 is 0 Å². The minimum absolute atomic E-state index is 0.0611. The maximum absolute atomic E-state index is 8.96. The SMILES string of the molecule is Cc1ccccc1N(C)c1nccc(C)c1/C(N)=N/O. The van der Waals surface area contributed by atoms with Crippen molar-refractivity contribution >= 4 is 17.3 Å². The average Bonchev–Trinajstić information content (AvgIpc) is 2.46. The van der Waals surface area contributed by atoms with Crippen LogP contribution in [0, 0.1) is 13.8 Å². The Kier molecular flexibility index (Phi) is 3.89. The number of pyridine rings is 1. The molecule has 0 unspecified atom stereocenters. The molecular formula is C15H18N4O. The first kappa shape index (κ1) is 13.9. The van der Waals surface area contributed by atoms with Crippen LogP contribution in [-0.4, -0.2) is 23.1 Å². The molecule has 0 aliphatic rings. The number of nitrogens with zero attached hydrogens (tertiary/aromatic N) is 3. The van der Waals surface area contributed by atoms with E-state index in [0.717, 1.165) is 16.8 Å². The second-order valence-electron chi connectivity index (χ2n) is 4.66. The molecule has 1 aromatic heterocycles. The van der Waals surface area contributed by atoms with Gasteiger partial charge in [-0.3, -0.25) is 0 Å². The van der Waals surface area contributed by atoms with Gasteiger partial charge in [0, 0.05) is 18.9 Å². The Morgan fingerprint density at radius 1 is 1.20 bits per heavy atom. The van der Waals surface area contributed by atoms with Crippen LogP contribution in [0.3, 0.4) is 0 Å². The summed E-state index contributed by atoms with van der Waals surface area (Å²) >= 11 is 0. The molecule has 104 valence electrons. The Hall–Kier alpha value is -2.56. The van der Waals surface area contributed by atoms with Crippen LogP contribution in [0.15, 0.2) is 41.7 Å². The van der Waals surface area contributed by atoms with Gasteiger partial charge >= 0.3 is 0 Å². The third kappa shape index (κ3) is 2.42. The molecule has 0 atom stereocenters. The smallest absolute Gasteiger partial charge is 0.174 e. The van der Waals surface area contributed by atoms with Crippen molar-refractivity contribution in [2.75, 3.05) is 11.9 Å². The van der Waals surface area contributed by atoms with Gasteiger partial charge in [-0.05, 0) is 37.1 Å². The van der Waals surface area contributed by atoms with Crippen LogP contribution in [0.1, 0.15) is 16.7 Å². The second kappa shape index (κ2) is 5.61. The van der Waals surface area contributed by atoms with Crippen LogP contribution in [0.25, 0.3) is 0 Å². The number of hydrogen-bond donors (Lipinski definition) is 2. The minimum atomic E-state index is 0.0611. The van der Waals surface area contributed by atoms with Gasteiger partial charge in [-0.15, -0.1) is 0 Å². The van der Waals surface area contributed by atoms with Gasteiger partial charge in [-0.1, -0.05) is 23.4 Å². The molecule has 0 spiro atoms. The van der Waals surface area contributed by atoms with Gasteiger partial charge < -0.3 is 15.8 Å². The van der Waals surface area contributed by atoms with Crippen LogP contribution in [0.4, 0.5) is 11.5 Å². The molecule has 20 heavy (non-hydrogen) atoms. The summed E-state index contributed by atoms with van der Waals surface area (Å²) in [5.74, 6) is 0.723. The zero-order valence-electron chi connectivity index (χ0n) is 11.8. The van der Waals surface area contributed by atoms with E-state index in [0.29, 0.717) is 11.4 Å². The second-order valence-corrected chi connectivity index (χ2v) is 4.66. The summed E-state index contributed by atoms with van der Waals surface area (Å²) in [6.45, 7) is 3.94. The molecule has 3 N–H and O–H groups in total. The fourth-order valence-corrected chi connectivity index (χ4v) is 2.22. The summed E-state index contributed by atoms with van der Waals surface area (Å²) in [6.07, 6.45) is 1.72. The molecule has 0 radical (unpaired) electrons. The fraction of sp³-hybridized carbons (Fsp3) is 0.200. The van der Waals surface area contributed by atoms with Crippen LogP contribution in [-0.2, 0) is 0 Å². The predicted molar refractivity (Wildman–Crippen MR) is 80.7 cm³/mol. The zero-order chi connectivity index (χ0) is 14.7. The summed E-state index contributed by atoms with van der Waals surface area (Å²) in [5, 5.41) is 12.1. The highest BCUT2D eigenvalue weighted by Crippen LogP contribution is 2.28. The number of aryl methyl sites for hydroxylation is 2. The van der Waals surface area contributed by atoms with Crippen molar-refractivity contribution in [2.45, 2.75) is 13.8 Å². The van der Waals surface area contributed by atoms with E-state index in [1.54, 1.807) is 6.20 Å². The summed E-state index contributed by atoms with van der Waals surface area (Å²) in [5.41, 5.74) is 9.48. The Bertz CT molecular complexity index is 652. The first-order chi connectivity index (χ1) is 9.56. The van der Waals surface area contributed by atoms with E-state index in [4.69, 9.17) is 10.9 Å². The lowest BCUT2D eigenvalue weighted by Gasteiger charge is -2.23. The summed E-state index contributed by atoms with van der Waals surface area (Å²) < 4.78 is 0. The van der Waals surface area contributed by atoms with E-state index in [2.05, 4.69) is 10.1 Å². The van der Waals surface area contributed by atoms with Gasteiger partial charge in [0.15, 0.2) is 5.84 Å². The van der Waals surface area contributed by atoms with Crippen LogP contribution in [0.2, 0.25) is 0 Å². The Morgan fingerprint density at radius 3 is 2.55 bits per heavy atom. The van der Waals surface area contributed by atoms with E-state index in [1.807, 2.05) is 56.1 Å². The van der Waals surface area contributed by atoms with Crippen molar-refractivity contribution in [3.8, 4) is 0 Å². The van der Waals surface area contributed by atoms with Gasteiger partial charge in [0.05, 0.1) is 5.56 Å². The van der Waals surface area contributed by atoms with Gasteiger partial charge in [-0.2, -0.15) is 0 Å². The number of benzene rings is 1. The number of anilines is 2. The molecule has 0 saturated carbocycles. The van der Waals surface area contributed by atoms with E-state index in [1.165, 1.54) is 0 Å². The lowest BCUT2D eigenvalue weighted by molar-refractivity contribution is 0.318. The zero-order valence-corrected chi connectivity index (χ0v) is 11.8. The topological polar surface area (TPSA) is 74.7 Å². The largest absolute Gasteiger partial charge is 0.409 e. The van der Waals surface area contributed by atoms with Crippen molar-refractivity contribution in [1.82, 2.24) is 4.98 Å². The van der Waals surface area contributed by atoms with E-state index in [9.17, 15) is 0 Å². The molecule has 0 saturated heterocycles. The predicted octanol–water partition coefficient (Wildman–Crippen LogP) is 2.56. The van der Waals surface area contributed by atoms with E-state index < -0.39 is 0 Å². The van der Waals surface area contributed by atoms with Gasteiger partial charge in [0.1, 0.15) is 5.82 Å². The number of rotatable bonds is 3. The molecule has 5 heteroatoms. The maximum atomic E-state index is 8.96. The molecule has 2 rings (SSSR count). The molecule has 0 aliphatic carbocycles. The van der Waals surface area contributed by atoms with Crippen LogP contribution < -0.4 is 10.6 Å². The Morgan fingerprint density at radius 2 is 1.90 bits per heavy atom. The van der Waals surface area contributed by atoms with Gasteiger partial charge in [-0.25, -0.2) is 4.98 Å². The van der Waals surface area contributed by atoms with Crippen molar-refractivity contribution < 1.29 is 5.21 Å². The number of aromatic nitrogens is 1. The summed E-state index contributed by atoms with van der Waals surface area (Å²) in [6, 6.07) is 9.83. The quantitative estimate of drug-likeness (QED) is 0.389. The van der Waals surface area contributed by atoms with Crippen LogP contribution in [0.5, 0.6) is 0 Å². The molecule has 0 amide bonds. The number of nitrogens with two attached hydrogens (primary N) is 1. The molecular weight excluding hydrogens is 252 g/mol.